The summed E-state index contributed by atoms with van der Waals surface area (Å²) in [5.41, 5.74) is 0. The van der Waals surface area contributed by atoms with Crippen LogP contribution in [0.4, 0.5) is 4.39 Å². The Balaban J connectivity index is 2.14. The van der Waals surface area contributed by atoms with Crippen molar-refractivity contribution in [3.05, 3.63) is 0 Å². The van der Waals surface area contributed by atoms with Gasteiger partial charge in [-0.25, -0.2) is 4.39 Å². The molecule has 13 heavy (non-hydrogen) atoms. The predicted octanol–water partition coefficient (Wildman–Crippen LogP) is 1.15. The standard InChI is InChI=1S/C8H15FINO2/c9-7-6-11(3-1-5-13-10)4-2-8(7)12/h7-8,12H,1-6H2/t7-,8+/m1/s1. The van der Waals surface area contributed by atoms with Crippen molar-refractivity contribution in [2.24, 2.45) is 0 Å². The van der Waals surface area contributed by atoms with Crippen molar-refractivity contribution in [3.8, 4) is 0 Å². The summed E-state index contributed by atoms with van der Waals surface area (Å²) in [6.45, 7) is 2.72. The van der Waals surface area contributed by atoms with Crippen molar-refractivity contribution in [3.63, 3.8) is 0 Å². The van der Waals surface area contributed by atoms with Crippen LogP contribution in [0.5, 0.6) is 0 Å². The molecule has 1 N–H and O–H groups in total. The van der Waals surface area contributed by atoms with E-state index in [1.165, 1.54) is 0 Å². The summed E-state index contributed by atoms with van der Waals surface area (Å²) in [4.78, 5) is 2.03. The molecule has 78 valence electrons. The minimum absolute atomic E-state index is 0.364. The molecular weight excluding hydrogens is 288 g/mol. The van der Waals surface area contributed by atoms with E-state index in [9.17, 15) is 4.39 Å². The molecule has 1 aliphatic heterocycles. The van der Waals surface area contributed by atoms with Crippen LogP contribution in [0, 0.1) is 0 Å². The molecule has 2 atom stereocenters. The van der Waals surface area contributed by atoms with E-state index >= 15 is 0 Å². The molecular formula is C8H15FINO2. The number of rotatable bonds is 4. The van der Waals surface area contributed by atoms with Gasteiger partial charge in [-0.3, -0.25) is 0 Å². The lowest BCUT2D eigenvalue weighted by Gasteiger charge is -2.31. The number of piperidine rings is 1. The second kappa shape index (κ2) is 6.10. The Morgan fingerprint density at radius 2 is 2.38 bits per heavy atom. The Labute approximate surface area is 91.9 Å². The first-order valence-corrected chi connectivity index (χ1v) is 5.40. The summed E-state index contributed by atoms with van der Waals surface area (Å²) in [5, 5.41) is 9.14. The molecule has 0 radical (unpaired) electrons. The van der Waals surface area contributed by atoms with Crippen LogP contribution in [-0.2, 0) is 3.07 Å². The van der Waals surface area contributed by atoms with E-state index in [4.69, 9.17) is 8.17 Å². The number of alkyl halides is 1. The number of hydrogen-bond acceptors (Lipinski definition) is 3. The van der Waals surface area contributed by atoms with Crippen molar-refractivity contribution >= 4 is 23.0 Å². The Bertz CT molecular complexity index is 150. The van der Waals surface area contributed by atoms with E-state index in [0.717, 1.165) is 19.5 Å². The smallest absolute Gasteiger partial charge is 0.138 e. The number of halogens is 2. The summed E-state index contributed by atoms with van der Waals surface area (Å²) in [7, 11) is 0. The van der Waals surface area contributed by atoms with Crippen LogP contribution in [0.25, 0.3) is 0 Å². The molecule has 0 bridgehead atoms. The highest BCUT2D eigenvalue weighted by Crippen LogP contribution is 2.13. The van der Waals surface area contributed by atoms with E-state index in [1.807, 2.05) is 27.9 Å². The third-order valence-corrected chi connectivity index (χ3v) is 2.73. The number of nitrogens with zero attached hydrogens (tertiary/aromatic N) is 1. The van der Waals surface area contributed by atoms with Crippen molar-refractivity contribution < 1.29 is 12.6 Å². The topological polar surface area (TPSA) is 32.7 Å². The van der Waals surface area contributed by atoms with Gasteiger partial charge in [-0.1, -0.05) is 0 Å². The molecule has 0 aromatic rings. The molecule has 1 heterocycles. The molecule has 0 saturated carbocycles. The van der Waals surface area contributed by atoms with Crippen LogP contribution in [0.3, 0.4) is 0 Å². The van der Waals surface area contributed by atoms with Gasteiger partial charge in [-0.15, -0.1) is 0 Å². The number of aliphatic hydroxyl groups is 1. The van der Waals surface area contributed by atoms with E-state index in [0.29, 0.717) is 19.6 Å². The van der Waals surface area contributed by atoms with Gasteiger partial charge in [0.2, 0.25) is 0 Å². The fraction of sp³-hybridized carbons (Fsp3) is 1.00. The zero-order valence-corrected chi connectivity index (χ0v) is 9.61. The molecule has 0 spiro atoms. The van der Waals surface area contributed by atoms with Crippen LogP contribution < -0.4 is 0 Å². The quantitative estimate of drug-likeness (QED) is 0.625. The van der Waals surface area contributed by atoms with E-state index in [-0.39, 0.29) is 0 Å². The summed E-state index contributed by atoms with van der Waals surface area (Å²) in [6.07, 6.45) is -0.357. The molecule has 3 nitrogen and oxygen atoms in total. The Morgan fingerprint density at radius 1 is 1.62 bits per heavy atom. The molecule has 0 aromatic carbocycles. The second-order valence-corrected chi connectivity index (χ2v) is 3.96. The van der Waals surface area contributed by atoms with Gasteiger partial charge in [0.25, 0.3) is 0 Å². The van der Waals surface area contributed by atoms with E-state index in [1.54, 1.807) is 0 Å². The molecule has 0 unspecified atom stereocenters. The van der Waals surface area contributed by atoms with Gasteiger partial charge in [-0.05, 0) is 12.8 Å². The minimum Gasteiger partial charge on any atom is -0.390 e. The first-order valence-electron chi connectivity index (χ1n) is 4.52. The molecule has 0 aliphatic carbocycles. The van der Waals surface area contributed by atoms with Crippen LogP contribution in [0.15, 0.2) is 0 Å². The lowest BCUT2D eigenvalue weighted by Crippen LogP contribution is -2.44. The van der Waals surface area contributed by atoms with Gasteiger partial charge in [-0.2, -0.15) is 0 Å². The Morgan fingerprint density at radius 3 is 3.00 bits per heavy atom. The first kappa shape index (κ1) is 11.6. The Kier molecular flexibility index (Phi) is 5.45. The molecule has 1 rings (SSSR count). The first-order chi connectivity index (χ1) is 6.24. The third kappa shape index (κ3) is 4.05. The van der Waals surface area contributed by atoms with Crippen LogP contribution in [0.2, 0.25) is 0 Å². The third-order valence-electron chi connectivity index (χ3n) is 2.29. The van der Waals surface area contributed by atoms with Crippen molar-refractivity contribution in [1.29, 1.82) is 0 Å². The fourth-order valence-corrected chi connectivity index (χ4v) is 1.81. The highest BCUT2D eigenvalue weighted by molar-refractivity contribution is 14.1. The maximum Gasteiger partial charge on any atom is 0.138 e. The highest BCUT2D eigenvalue weighted by Gasteiger charge is 2.26. The van der Waals surface area contributed by atoms with Gasteiger partial charge in [0.1, 0.15) is 29.2 Å². The van der Waals surface area contributed by atoms with Crippen molar-refractivity contribution in [1.82, 2.24) is 4.90 Å². The monoisotopic (exact) mass is 303 g/mol. The van der Waals surface area contributed by atoms with Crippen molar-refractivity contribution in [2.75, 3.05) is 26.2 Å². The second-order valence-electron chi connectivity index (χ2n) is 3.34. The molecule has 1 aliphatic rings. The summed E-state index contributed by atoms with van der Waals surface area (Å²) >= 11 is 1.86. The zero-order valence-electron chi connectivity index (χ0n) is 7.46. The predicted molar refractivity (Wildman–Crippen MR) is 56.5 cm³/mol. The summed E-state index contributed by atoms with van der Waals surface area (Å²) < 4.78 is 17.9. The molecule has 1 fully saturated rings. The maximum atomic E-state index is 13.0. The number of aliphatic hydroxyl groups excluding tert-OH is 1. The Hall–Kier alpha value is 0.540. The molecule has 1 saturated heterocycles. The van der Waals surface area contributed by atoms with Gasteiger partial charge in [0.05, 0.1) is 12.7 Å². The normalized spacial score (nSPS) is 30.7. The highest BCUT2D eigenvalue weighted by atomic mass is 127. The lowest BCUT2D eigenvalue weighted by atomic mass is 10.1. The maximum absolute atomic E-state index is 13.0. The summed E-state index contributed by atoms with van der Waals surface area (Å²) in [5.74, 6) is 0. The van der Waals surface area contributed by atoms with Crippen LogP contribution in [0.1, 0.15) is 12.8 Å². The zero-order chi connectivity index (χ0) is 9.68. The number of likely N-dealkylation sites (tertiary alicyclic amines) is 1. The lowest BCUT2D eigenvalue weighted by molar-refractivity contribution is 0.00573. The molecule has 0 aromatic heterocycles. The molecule has 5 heteroatoms. The van der Waals surface area contributed by atoms with Gasteiger partial charge >= 0.3 is 0 Å². The van der Waals surface area contributed by atoms with Gasteiger partial charge in [0, 0.05) is 19.6 Å². The van der Waals surface area contributed by atoms with E-state index in [2.05, 4.69) is 0 Å². The SMILES string of the molecule is O[C@H]1CCN(CCCOI)C[C@H]1F. The van der Waals surface area contributed by atoms with Crippen LogP contribution in [-0.4, -0.2) is 48.5 Å². The summed E-state index contributed by atoms with van der Waals surface area (Å²) in [6, 6.07) is 0. The van der Waals surface area contributed by atoms with Gasteiger partial charge in [0.15, 0.2) is 0 Å². The number of hydrogen-bond donors (Lipinski definition) is 1. The minimum atomic E-state index is -1.07. The van der Waals surface area contributed by atoms with E-state index < -0.39 is 12.3 Å². The molecule has 0 amide bonds. The van der Waals surface area contributed by atoms with Crippen molar-refractivity contribution in [2.45, 2.75) is 25.1 Å². The largest absolute Gasteiger partial charge is 0.390 e. The fourth-order valence-electron chi connectivity index (χ4n) is 1.50. The van der Waals surface area contributed by atoms with Gasteiger partial charge < -0.3 is 13.1 Å². The van der Waals surface area contributed by atoms with Crippen LogP contribution >= 0.6 is 23.0 Å². The average Bonchev–Trinajstić information content (AvgIpc) is 2.12. The average molecular weight is 303 g/mol.